The lowest BCUT2D eigenvalue weighted by molar-refractivity contribution is 0.589. The van der Waals surface area contributed by atoms with Gasteiger partial charge < -0.3 is 5.73 Å². The second kappa shape index (κ2) is 4.33. The maximum Gasteiger partial charge on any atom is 0.277 e. The predicted octanol–water partition coefficient (Wildman–Crippen LogP) is 2.01. The summed E-state index contributed by atoms with van der Waals surface area (Å²) in [4.78, 5) is 0. The zero-order chi connectivity index (χ0) is 11.8. The van der Waals surface area contributed by atoms with E-state index < -0.39 is 10.0 Å². The van der Waals surface area contributed by atoms with Crippen molar-refractivity contribution in [3.8, 4) is 0 Å². The second-order valence-corrected chi connectivity index (χ2v) is 7.65. The molecule has 0 saturated carbocycles. The van der Waals surface area contributed by atoms with Crippen LogP contribution in [0.2, 0.25) is 0 Å². The molecule has 0 aliphatic carbocycles. The summed E-state index contributed by atoms with van der Waals surface area (Å²) in [5, 5.41) is 0. The van der Waals surface area contributed by atoms with E-state index in [1.54, 1.807) is 18.2 Å². The maximum atomic E-state index is 12.1. The Hall–Kier alpha value is -0.630. The molecule has 0 aliphatic rings. The van der Waals surface area contributed by atoms with E-state index in [1.165, 1.54) is 27.7 Å². The molecule has 16 heavy (non-hydrogen) atoms. The number of rotatable bonds is 3. The van der Waals surface area contributed by atoms with Crippen molar-refractivity contribution in [2.24, 2.45) is 5.73 Å². The second-order valence-electron chi connectivity index (χ2n) is 3.12. The highest BCUT2D eigenvalue weighted by molar-refractivity contribution is 9.11. The van der Waals surface area contributed by atoms with Gasteiger partial charge in [0, 0.05) is 18.9 Å². The van der Waals surface area contributed by atoms with Crippen molar-refractivity contribution >= 4 is 37.3 Å². The normalized spacial score (nSPS) is 11.9. The number of nitrogens with two attached hydrogens (primary N) is 1. The minimum absolute atomic E-state index is 0.304. The summed E-state index contributed by atoms with van der Waals surface area (Å²) in [6.07, 6.45) is 3.04. The fourth-order valence-corrected chi connectivity index (χ4v) is 4.56. The van der Waals surface area contributed by atoms with Gasteiger partial charge in [-0.2, -0.15) is 8.42 Å². The van der Waals surface area contributed by atoms with Crippen LogP contribution in [0.3, 0.4) is 0 Å². The average Bonchev–Trinajstić information content (AvgIpc) is 2.85. The molecule has 2 N–H and O–H groups in total. The molecule has 2 heterocycles. The van der Waals surface area contributed by atoms with Gasteiger partial charge in [0.25, 0.3) is 10.0 Å². The van der Waals surface area contributed by atoms with Crippen LogP contribution in [0.4, 0.5) is 0 Å². The molecular weight excluding hydrogens is 312 g/mol. The number of halogens is 1. The Morgan fingerprint density at radius 2 is 2.12 bits per heavy atom. The highest BCUT2D eigenvalue weighted by Crippen LogP contribution is 2.27. The topological polar surface area (TPSA) is 65.1 Å². The molecule has 0 radical (unpaired) electrons. The molecule has 4 nitrogen and oxygen atoms in total. The van der Waals surface area contributed by atoms with Gasteiger partial charge in [-0.15, -0.1) is 11.3 Å². The predicted molar refractivity (Wildman–Crippen MR) is 66.9 cm³/mol. The van der Waals surface area contributed by atoms with Gasteiger partial charge in [0.2, 0.25) is 0 Å². The van der Waals surface area contributed by atoms with E-state index >= 15 is 0 Å². The minimum Gasteiger partial charge on any atom is -0.326 e. The number of nitrogens with zero attached hydrogens (tertiary/aromatic N) is 1. The van der Waals surface area contributed by atoms with Crippen molar-refractivity contribution in [1.82, 2.24) is 3.97 Å². The van der Waals surface area contributed by atoms with Gasteiger partial charge in [0.1, 0.15) is 4.21 Å². The SMILES string of the molecule is NCc1ccn(S(=O)(=O)c2ccc(Br)s2)c1. The first-order chi connectivity index (χ1) is 7.54. The van der Waals surface area contributed by atoms with Gasteiger partial charge in [0.05, 0.1) is 3.79 Å². The summed E-state index contributed by atoms with van der Waals surface area (Å²) in [6.45, 7) is 0.330. The first-order valence-electron chi connectivity index (χ1n) is 4.42. The smallest absolute Gasteiger partial charge is 0.277 e. The minimum atomic E-state index is -3.46. The van der Waals surface area contributed by atoms with Gasteiger partial charge in [-0.1, -0.05) is 0 Å². The van der Waals surface area contributed by atoms with Crippen molar-refractivity contribution in [2.45, 2.75) is 10.8 Å². The number of thiophene rings is 1. The molecule has 7 heteroatoms. The van der Waals surface area contributed by atoms with Crippen LogP contribution in [0.5, 0.6) is 0 Å². The van der Waals surface area contributed by atoms with Gasteiger partial charge >= 0.3 is 0 Å². The fourth-order valence-electron chi connectivity index (χ4n) is 1.23. The molecule has 0 saturated heterocycles. The molecular formula is C9H9BrN2O2S2. The molecule has 0 fully saturated rings. The maximum absolute atomic E-state index is 12.1. The Bertz CT molecular complexity index is 601. The molecule has 0 aromatic carbocycles. The highest BCUT2D eigenvalue weighted by Gasteiger charge is 2.18. The van der Waals surface area contributed by atoms with E-state index in [0.29, 0.717) is 10.8 Å². The third-order valence-electron chi connectivity index (χ3n) is 2.04. The van der Waals surface area contributed by atoms with Gasteiger partial charge in [-0.3, -0.25) is 0 Å². The molecule has 2 aromatic heterocycles. The third-order valence-corrected chi connectivity index (χ3v) is 5.77. The van der Waals surface area contributed by atoms with Crippen molar-refractivity contribution in [2.75, 3.05) is 0 Å². The Morgan fingerprint density at radius 1 is 1.38 bits per heavy atom. The van der Waals surface area contributed by atoms with Crippen molar-refractivity contribution < 1.29 is 8.42 Å². The van der Waals surface area contributed by atoms with Crippen LogP contribution in [-0.2, 0) is 16.6 Å². The lowest BCUT2D eigenvalue weighted by atomic mass is 10.4. The van der Waals surface area contributed by atoms with Crippen molar-refractivity contribution in [3.63, 3.8) is 0 Å². The van der Waals surface area contributed by atoms with Crippen LogP contribution in [0.25, 0.3) is 0 Å². The first-order valence-corrected chi connectivity index (χ1v) is 7.47. The molecule has 0 atom stereocenters. The van der Waals surface area contributed by atoms with Gasteiger partial charge in [-0.05, 0) is 39.7 Å². The lowest BCUT2D eigenvalue weighted by Crippen LogP contribution is -2.09. The van der Waals surface area contributed by atoms with Gasteiger partial charge in [0.15, 0.2) is 0 Å². The van der Waals surface area contributed by atoms with E-state index in [4.69, 9.17) is 5.73 Å². The van der Waals surface area contributed by atoms with Crippen molar-refractivity contribution in [1.29, 1.82) is 0 Å². The number of aromatic nitrogens is 1. The Kier molecular flexibility index (Phi) is 3.20. The summed E-state index contributed by atoms with van der Waals surface area (Å²) in [5.41, 5.74) is 6.23. The number of hydrogen-bond acceptors (Lipinski definition) is 4. The number of hydrogen-bond donors (Lipinski definition) is 1. The Balaban J connectivity index is 2.46. The van der Waals surface area contributed by atoms with Crippen LogP contribution < -0.4 is 5.73 Å². The fraction of sp³-hybridized carbons (Fsp3) is 0.111. The summed E-state index contributed by atoms with van der Waals surface area (Å²) < 4.78 is 26.5. The quantitative estimate of drug-likeness (QED) is 0.940. The summed E-state index contributed by atoms with van der Waals surface area (Å²) in [7, 11) is -3.46. The Morgan fingerprint density at radius 3 is 2.62 bits per heavy atom. The van der Waals surface area contributed by atoms with E-state index in [0.717, 1.165) is 9.35 Å². The van der Waals surface area contributed by atoms with E-state index in [1.807, 2.05) is 0 Å². The van der Waals surface area contributed by atoms with E-state index in [2.05, 4.69) is 15.9 Å². The van der Waals surface area contributed by atoms with E-state index in [9.17, 15) is 8.42 Å². The Labute approximate surface area is 106 Å². The molecule has 2 rings (SSSR count). The molecule has 0 aliphatic heterocycles. The molecule has 86 valence electrons. The molecule has 0 spiro atoms. The largest absolute Gasteiger partial charge is 0.326 e. The monoisotopic (exact) mass is 320 g/mol. The van der Waals surface area contributed by atoms with Crippen LogP contribution in [0.1, 0.15) is 5.56 Å². The van der Waals surface area contributed by atoms with Gasteiger partial charge in [-0.25, -0.2) is 3.97 Å². The molecule has 0 amide bonds. The highest BCUT2D eigenvalue weighted by atomic mass is 79.9. The first kappa shape index (κ1) is 11.8. The summed E-state index contributed by atoms with van der Waals surface area (Å²) in [5.74, 6) is 0. The summed E-state index contributed by atoms with van der Waals surface area (Å²) >= 11 is 4.42. The summed E-state index contributed by atoms with van der Waals surface area (Å²) in [6, 6.07) is 4.98. The van der Waals surface area contributed by atoms with E-state index in [-0.39, 0.29) is 0 Å². The lowest BCUT2D eigenvalue weighted by Gasteiger charge is -2.01. The third kappa shape index (κ3) is 2.08. The van der Waals surface area contributed by atoms with Crippen LogP contribution in [0.15, 0.2) is 38.6 Å². The van der Waals surface area contributed by atoms with Crippen molar-refractivity contribution in [3.05, 3.63) is 39.9 Å². The van der Waals surface area contributed by atoms with Crippen LogP contribution >= 0.6 is 27.3 Å². The van der Waals surface area contributed by atoms with Crippen LogP contribution in [-0.4, -0.2) is 12.4 Å². The van der Waals surface area contributed by atoms with Crippen LogP contribution in [0, 0.1) is 0 Å². The zero-order valence-corrected chi connectivity index (χ0v) is 11.3. The molecule has 2 aromatic rings. The standard InChI is InChI=1S/C9H9BrN2O2S2/c10-8-1-2-9(15-8)16(13,14)12-4-3-7(5-11)6-12/h1-4,6H,5,11H2. The average molecular weight is 321 g/mol. The molecule has 0 bridgehead atoms. The molecule has 0 unspecified atom stereocenters. The zero-order valence-electron chi connectivity index (χ0n) is 8.13.